The van der Waals surface area contributed by atoms with Crippen molar-refractivity contribution >= 4 is 17.9 Å². The van der Waals surface area contributed by atoms with E-state index in [9.17, 15) is 14.4 Å². The molecule has 1 atom stereocenters. The number of ether oxygens (including phenoxy) is 3. The van der Waals surface area contributed by atoms with Crippen molar-refractivity contribution in [1.82, 2.24) is 5.32 Å². The highest BCUT2D eigenvalue weighted by molar-refractivity contribution is 5.76. The van der Waals surface area contributed by atoms with Crippen LogP contribution in [0.5, 0.6) is 0 Å². The summed E-state index contributed by atoms with van der Waals surface area (Å²) in [4.78, 5) is 34.9. The molecule has 0 aromatic rings. The molecule has 1 N–H and O–H groups in total. The van der Waals surface area contributed by atoms with Gasteiger partial charge in [-0.15, -0.1) is 0 Å². The van der Waals surface area contributed by atoms with E-state index in [-0.39, 0.29) is 50.0 Å². The fourth-order valence-corrected chi connectivity index (χ4v) is 2.30. The molecule has 2 rings (SSSR count). The van der Waals surface area contributed by atoms with E-state index in [1.807, 2.05) is 0 Å². The van der Waals surface area contributed by atoms with E-state index in [0.29, 0.717) is 12.8 Å². The van der Waals surface area contributed by atoms with E-state index in [0.717, 1.165) is 19.4 Å². The molecule has 2 heterocycles. The molecular weight excluding hydrogens is 278 g/mol. The Bertz CT molecular complexity index is 369. The number of esters is 3. The predicted octanol–water partition coefficient (Wildman–Crippen LogP) is 0.311. The Hall–Kier alpha value is -1.63. The van der Waals surface area contributed by atoms with Gasteiger partial charge >= 0.3 is 17.9 Å². The standard InChI is InChI=1S/C14H21NO6/c16-12-5-1-2-6-13(17)20-9-10(8-19-12)21-14(18)11-4-3-7-15-11/h10-11,15H,1-9H2/t11-/m0/s1. The van der Waals surface area contributed by atoms with Gasteiger partial charge < -0.3 is 19.5 Å². The molecule has 21 heavy (non-hydrogen) atoms. The summed E-state index contributed by atoms with van der Waals surface area (Å²) < 4.78 is 15.4. The smallest absolute Gasteiger partial charge is 0.323 e. The van der Waals surface area contributed by atoms with Crippen LogP contribution in [0.3, 0.4) is 0 Å². The second-order valence-electron chi connectivity index (χ2n) is 5.28. The third-order valence-corrected chi connectivity index (χ3v) is 3.50. The minimum Gasteiger partial charge on any atom is -0.462 e. The zero-order chi connectivity index (χ0) is 15.1. The average Bonchev–Trinajstić information content (AvgIpc) is 2.99. The van der Waals surface area contributed by atoms with Crippen molar-refractivity contribution in [3.05, 3.63) is 0 Å². The zero-order valence-electron chi connectivity index (χ0n) is 12.0. The number of nitrogens with one attached hydrogen (secondary N) is 1. The van der Waals surface area contributed by atoms with E-state index in [1.54, 1.807) is 0 Å². The normalized spacial score (nSPS) is 25.6. The topological polar surface area (TPSA) is 90.9 Å². The van der Waals surface area contributed by atoms with Gasteiger partial charge in [0.2, 0.25) is 0 Å². The molecule has 2 fully saturated rings. The summed E-state index contributed by atoms with van der Waals surface area (Å²) in [6.07, 6.45) is 2.61. The van der Waals surface area contributed by atoms with Crippen LogP contribution in [0.25, 0.3) is 0 Å². The minimum atomic E-state index is -0.745. The van der Waals surface area contributed by atoms with Crippen molar-refractivity contribution in [1.29, 1.82) is 0 Å². The van der Waals surface area contributed by atoms with Gasteiger partial charge in [-0.3, -0.25) is 14.4 Å². The van der Waals surface area contributed by atoms with Gasteiger partial charge in [-0.1, -0.05) is 0 Å². The lowest BCUT2D eigenvalue weighted by Crippen LogP contribution is -2.38. The van der Waals surface area contributed by atoms with Crippen LogP contribution in [0.1, 0.15) is 38.5 Å². The van der Waals surface area contributed by atoms with Gasteiger partial charge in [-0.05, 0) is 32.2 Å². The number of hydrogen-bond acceptors (Lipinski definition) is 7. The van der Waals surface area contributed by atoms with Crippen LogP contribution in [-0.4, -0.2) is 49.8 Å². The first-order valence-electron chi connectivity index (χ1n) is 7.40. The van der Waals surface area contributed by atoms with Crippen LogP contribution in [0.15, 0.2) is 0 Å². The number of hydrogen-bond donors (Lipinski definition) is 1. The lowest BCUT2D eigenvalue weighted by Gasteiger charge is -2.19. The van der Waals surface area contributed by atoms with Crippen molar-refractivity contribution in [2.24, 2.45) is 0 Å². The van der Waals surface area contributed by atoms with E-state index >= 15 is 0 Å². The van der Waals surface area contributed by atoms with Crippen LogP contribution < -0.4 is 5.32 Å². The molecule has 2 aliphatic rings. The maximum Gasteiger partial charge on any atom is 0.323 e. The summed E-state index contributed by atoms with van der Waals surface area (Å²) >= 11 is 0. The number of carbonyl (C=O) groups excluding carboxylic acids is 3. The SMILES string of the molecule is O=C1CCCCC(=O)OCC(OC(=O)[C@@H]2CCCN2)CO1. The predicted molar refractivity (Wildman–Crippen MR) is 71.3 cm³/mol. The molecule has 0 amide bonds. The Labute approximate surface area is 123 Å². The minimum absolute atomic E-state index is 0.0788. The summed E-state index contributed by atoms with van der Waals surface area (Å²) in [5.74, 6) is -1.08. The first kappa shape index (κ1) is 15.8. The van der Waals surface area contributed by atoms with Crippen molar-refractivity contribution in [3.8, 4) is 0 Å². The first-order chi connectivity index (χ1) is 10.1. The van der Waals surface area contributed by atoms with Crippen molar-refractivity contribution in [2.45, 2.75) is 50.7 Å². The van der Waals surface area contributed by atoms with Gasteiger partial charge in [-0.2, -0.15) is 0 Å². The zero-order valence-corrected chi connectivity index (χ0v) is 12.0. The Morgan fingerprint density at radius 3 is 2.19 bits per heavy atom. The fourth-order valence-electron chi connectivity index (χ4n) is 2.30. The lowest BCUT2D eigenvalue weighted by molar-refractivity contribution is -0.167. The van der Waals surface area contributed by atoms with E-state index in [2.05, 4.69) is 5.32 Å². The number of rotatable bonds is 2. The van der Waals surface area contributed by atoms with Crippen molar-refractivity contribution in [3.63, 3.8) is 0 Å². The summed E-state index contributed by atoms with van der Waals surface area (Å²) in [5.41, 5.74) is 0. The highest BCUT2D eigenvalue weighted by Gasteiger charge is 2.27. The molecule has 118 valence electrons. The monoisotopic (exact) mass is 299 g/mol. The first-order valence-corrected chi connectivity index (χ1v) is 7.40. The number of cyclic esters (lactones) is 2. The summed E-state index contributed by atoms with van der Waals surface area (Å²) in [7, 11) is 0. The van der Waals surface area contributed by atoms with Crippen LogP contribution in [0, 0.1) is 0 Å². The van der Waals surface area contributed by atoms with Gasteiger partial charge in [0, 0.05) is 12.8 Å². The molecule has 2 aliphatic heterocycles. The maximum absolute atomic E-state index is 11.9. The quantitative estimate of drug-likeness (QED) is 0.579. The number of carbonyl (C=O) groups is 3. The molecule has 0 aromatic carbocycles. The molecule has 0 bridgehead atoms. The van der Waals surface area contributed by atoms with Crippen molar-refractivity contribution in [2.75, 3.05) is 19.8 Å². The second kappa shape index (κ2) is 7.97. The van der Waals surface area contributed by atoms with Gasteiger partial charge in [0.1, 0.15) is 19.3 Å². The van der Waals surface area contributed by atoms with E-state index in [4.69, 9.17) is 14.2 Å². The van der Waals surface area contributed by atoms with Crippen LogP contribution in [-0.2, 0) is 28.6 Å². The van der Waals surface area contributed by atoms with E-state index in [1.165, 1.54) is 0 Å². The molecular formula is C14H21NO6. The molecule has 0 saturated carbocycles. The highest BCUT2D eigenvalue weighted by Crippen LogP contribution is 2.11. The summed E-state index contributed by atoms with van der Waals surface area (Å²) in [5, 5.41) is 3.03. The van der Waals surface area contributed by atoms with Crippen molar-refractivity contribution < 1.29 is 28.6 Å². The van der Waals surface area contributed by atoms with Crippen LogP contribution in [0.2, 0.25) is 0 Å². The third-order valence-electron chi connectivity index (χ3n) is 3.50. The lowest BCUT2D eigenvalue weighted by atomic mass is 10.2. The Morgan fingerprint density at radius 2 is 1.67 bits per heavy atom. The molecule has 0 aromatic heterocycles. The molecule has 7 heteroatoms. The summed E-state index contributed by atoms with van der Waals surface area (Å²) in [6, 6.07) is -0.324. The molecule has 0 radical (unpaired) electrons. The maximum atomic E-state index is 11.9. The highest BCUT2D eigenvalue weighted by atomic mass is 16.6. The average molecular weight is 299 g/mol. The van der Waals surface area contributed by atoms with Gasteiger partial charge in [0.05, 0.1) is 0 Å². The second-order valence-corrected chi connectivity index (χ2v) is 5.28. The molecule has 0 unspecified atom stereocenters. The Balaban J connectivity index is 1.88. The fraction of sp³-hybridized carbons (Fsp3) is 0.786. The van der Waals surface area contributed by atoms with Gasteiger partial charge in [0.15, 0.2) is 6.10 Å². The molecule has 2 saturated heterocycles. The third kappa shape index (κ3) is 5.34. The Morgan fingerprint density at radius 1 is 1.05 bits per heavy atom. The molecule has 0 aliphatic carbocycles. The van der Waals surface area contributed by atoms with Crippen LogP contribution >= 0.6 is 0 Å². The molecule has 7 nitrogen and oxygen atoms in total. The van der Waals surface area contributed by atoms with Gasteiger partial charge in [-0.25, -0.2) is 0 Å². The Kier molecular flexibility index (Phi) is 5.98. The molecule has 0 spiro atoms. The van der Waals surface area contributed by atoms with Gasteiger partial charge in [0.25, 0.3) is 0 Å². The largest absolute Gasteiger partial charge is 0.462 e. The summed E-state index contributed by atoms with van der Waals surface area (Å²) in [6.45, 7) is 0.629. The van der Waals surface area contributed by atoms with E-state index < -0.39 is 6.10 Å². The van der Waals surface area contributed by atoms with Crippen LogP contribution in [0.4, 0.5) is 0 Å².